The van der Waals surface area contributed by atoms with Gasteiger partial charge < -0.3 is 10.0 Å². The Labute approximate surface area is 146 Å². The molecule has 2 aliphatic heterocycles. The van der Waals surface area contributed by atoms with Gasteiger partial charge in [0.05, 0.1) is 11.5 Å². The Morgan fingerprint density at radius 2 is 2.00 bits per heavy atom. The molecule has 128 valence electrons. The van der Waals surface area contributed by atoms with Gasteiger partial charge in [0.25, 0.3) is 0 Å². The topological polar surface area (TPSA) is 60.9 Å². The molecular weight excluding hydrogens is 328 g/mol. The summed E-state index contributed by atoms with van der Waals surface area (Å²) in [5, 5.41) is 10.4. The van der Waals surface area contributed by atoms with Crippen molar-refractivity contribution in [1.29, 1.82) is 0 Å². The van der Waals surface area contributed by atoms with E-state index in [2.05, 4.69) is 4.90 Å². The molecule has 1 aromatic rings. The molecule has 24 heavy (non-hydrogen) atoms. The number of likely N-dealkylation sites (tertiary alicyclic amines) is 1. The maximum Gasteiger partial charge on any atom is 0.311 e. The zero-order chi connectivity index (χ0) is 16.9. The lowest BCUT2D eigenvalue weighted by Crippen LogP contribution is -2.43. The van der Waals surface area contributed by atoms with Crippen LogP contribution in [0.3, 0.4) is 0 Å². The first-order valence-corrected chi connectivity index (χ1v) is 8.93. The van der Waals surface area contributed by atoms with Crippen molar-refractivity contribution in [2.45, 2.75) is 31.7 Å². The highest BCUT2D eigenvalue weighted by Gasteiger charge is 2.57. The van der Waals surface area contributed by atoms with Gasteiger partial charge in [-0.1, -0.05) is 18.0 Å². The molecule has 5 nitrogen and oxygen atoms in total. The minimum absolute atomic E-state index is 0.0813. The quantitative estimate of drug-likeness (QED) is 0.912. The summed E-state index contributed by atoms with van der Waals surface area (Å²) in [5.41, 5.74) is 0.229. The maximum absolute atomic E-state index is 12.9. The fourth-order valence-corrected chi connectivity index (χ4v) is 4.92. The fourth-order valence-electron chi connectivity index (χ4n) is 4.80. The Hall–Kier alpha value is -1.59. The fraction of sp³-hybridized carbons (Fsp3) is 0.556. The average molecular weight is 349 g/mol. The molecule has 1 aromatic carbocycles. The number of carbonyl (C=O) groups excluding carboxylic acids is 1. The van der Waals surface area contributed by atoms with Crippen molar-refractivity contribution >= 4 is 29.2 Å². The lowest BCUT2D eigenvalue weighted by atomic mass is 9.81. The predicted octanol–water partition coefficient (Wildman–Crippen LogP) is 2.63. The Morgan fingerprint density at radius 3 is 2.67 bits per heavy atom. The average Bonchev–Trinajstić information content (AvgIpc) is 3.20. The normalized spacial score (nSPS) is 33.2. The first kappa shape index (κ1) is 15.9. The van der Waals surface area contributed by atoms with Gasteiger partial charge in [0.15, 0.2) is 0 Å². The number of carboxylic acid groups (broad SMARTS) is 1. The van der Waals surface area contributed by atoms with Crippen LogP contribution in [0.4, 0.5) is 5.69 Å². The molecule has 1 unspecified atom stereocenters. The van der Waals surface area contributed by atoms with Gasteiger partial charge in [-0.2, -0.15) is 0 Å². The van der Waals surface area contributed by atoms with Gasteiger partial charge in [-0.05, 0) is 49.4 Å². The first-order chi connectivity index (χ1) is 11.5. The number of aliphatic carboxylic acids is 1. The molecule has 2 saturated heterocycles. The SMILES string of the molecule is O=C1C(N2C[C@@H]3CCC[C@@]3(C(=O)O)C2)CCN1c1ccc(Cl)cc1. The van der Waals surface area contributed by atoms with Gasteiger partial charge in [0, 0.05) is 30.3 Å². The molecular formula is C18H21ClN2O3. The molecule has 1 aliphatic carbocycles. The Balaban J connectivity index is 1.51. The van der Waals surface area contributed by atoms with E-state index in [0.717, 1.165) is 37.9 Å². The van der Waals surface area contributed by atoms with Gasteiger partial charge in [-0.15, -0.1) is 0 Å². The molecule has 0 radical (unpaired) electrons. The van der Waals surface area contributed by atoms with Crippen LogP contribution < -0.4 is 4.90 Å². The molecule has 0 spiro atoms. The summed E-state index contributed by atoms with van der Waals surface area (Å²) in [5.74, 6) is -0.419. The number of hydrogen-bond donors (Lipinski definition) is 1. The van der Waals surface area contributed by atoms with Crippen molar-refractivity contribution in [1.82, 2.24) is 4.90 Å². The molecule has 0 bridgehead atoms. The Bertz CT molecular complexity index is 677. The Morgan fingerprint density at radius 1 is 1.25 bits per heavy atom. The van der Waals surface area contributed by atoms with Crippen LogP contribution in [0.2, 0.25) is 5.02 Å². The number of halogens is 1. The van der Waals surface area contributed by atoms with Crippen LogP contribution in [-0.4, -0.2) is 47.6 Å². The van der Waals surface area contributed by atoms with E-state index in [4.69, 9.17) is 11.6 Å². The van der Waals surface area contributed by atoms with Gasteiger partial charge >= 0.3 is 5.97 Å². The highest BCUT2D eigenvalue weighted by atomic mass is 35.5. The molecule has 3 atom stereocenters. The van der Waals surface area contributed by atoms with Crippen molar-refractivity contribution in [2.75, 3.05) is 24.5 Å². The number of carboxylic acids is 1. The van der Waals surface area contributed by atoms with Crippen LogP contribution in [0.5, 0.6) is 0 Å². The molecule has 3 fully saturated rings. The van der Waals surface area contributed by atoms with E-state index in [1.807, 2.05) is 12.1 Å². The van der Waals surface area contributed by atoms with Crippen molar-refractivity contribution in [3.63, 3.8) is 0 Å². The van der Waals surface area contributed by atoms with E-state index in [1.165, 1.54) is 0 Å². The van der Waals surface area contributed by atoms with Crippen LogP contribution in [0.15, 0.2) is 24.3 Å². The van der Waals surface area contributed by atoms with Gasteiger partial charge in [-0.3, -0.25) is 14.5 Å². The third-order valence-electron chi connectivity index (χ3n) is 6.08. The third kappa shape index (κ3) is 2.33. The lowest BCUT2D eigenvalue weighted by molar-refractivity contribution is -0.149. The van der Waals surface area contributed by atoms with E-state index in [-0.39, 0.29) is 17.9 Å². The van der Waals surface area contributed by atoms with Crippen molar-refractivity contribution in [2.24, 2.45) is 11.3 Å². The van der Waals surface area contributed by atoms with Gasteiger partial charge in [-0.25, -0.2) is 0 Å². The Kier molecular flexibility index (Phi) is 3.81. The molecule has 1 N–H and O–H groups in total. The van der Waals surface area contributed by atoms with Crippen LogP contribution in [0.1, 0.15) is 25.7 Å². The summed E-state index contributed by atoms with van der Waals surface area (Å²) in [6.07, 6.45) is 3.44. The van der Waals surface area contributed by atoms with E-state index >= 15 is 0 Å². The largest absolute Gasteiger partial charge is 0.481 e. The zero-order valence-corrected chi connectivity index (χ0v) is 14.2. The number of anilines is 1. The third-order valence-corrected chi connectivity index (χ3v) is 6.33. The predicted molar refractivity (Wildman–Crippen MR) is 91.2 cm³/mol. The van der Waals surface area contributed by atoms with E-state index in [1.54, 1.807) is 17.0 Å². The number of carbonyl (C=O) groups is 2. The minimum atomic E-state index is -0.687. The number of amides is 1. The smallest absolute Gasteiger partial charge is 0.311 e. The molecule has 3 aliphatic rings. The number of rotatable bonds is 3. The summed E-state index contributed by atoms with van der Waals surface area (Å²) in [4.78, 5) is 28.6. The summed E-state index contributed by atoms with van der Waals surface area (Å²) in [6, 6.07) is 7.11. The van der Waals surface area contributed by atoms with Gasteiger partial charge in [0.1, 0.15) is 0 Å². The summed E-state index contributed by atoms with van der Waals surface area (Å²) >= 11 is 5.92. The molecule has 2 heterocycles. The summed E-state index contributed by atoms with van der Waals surface area (Å²) in [6.45, 7) is 1.92. The van der Waals surface area contributed by atoms with E-state index < -0.39 is 11.4 Å². The van der Waals surface area contributed by atoms with E-state index in [9.17, 15) is 14.7 Å². The minimum Gasteiger partial charge on any atom is -0.481 e. The van der Waals surface area contributed by atoms with Crippen molar-refractivity contribution in [3.05, 3.63) is 29.3 Å². The van der Waals surface area contributed by atoms with Crippen molar-refractivity contribution < 1.29 is 14.7 Å². The van der Waals surface area contributed by atoms with Crippen LogP contribution >= 0.6 is 11.6 Å². The second-order valence-electron chi connectivity index (χ2n) is 7.25. The molecule has 1 saturated carbocycles. The summed E-state index contributed by atoms with van der Waals surface area (Å²) in [7, 11) is 0. The molecule has 6 heteroatoms. The number of nitrogens with zero attached hydrogens (tertiary/aromatic N) is 2. The van der Waals surface area contributed by atoms with Crippen LogP contribution in [0, 0.1) is 11.3 Å². The van der Waals surface area contributed by atoms with Crippen LogP contribution in [-0.2, 0) is 9.59 Å². The second kappa shape index (κ2) is 5.74. The molecule has 1 amide bonds. The second-order valence-corrected chi connectivity index (χ2v) is 7.69. The van der Waals surface area contributed by atoms with E-state index in [0.29, 0.717) is 18.1 Å². The van der Waals surface area contributed by atoms with Gasteiger partial charge in [0.2, 0.25) is 5.91 Å². The lowest BCUT2D eigenvalue weighted by Gasteiger charge is -2.26. The van der Waals surface area contributed by atoms with Crippen molar-refractivity contribution in [3.8, 4) is 0 Å². The number of benzene rings is 1. The first-order valence-electron chi connectivity index (χ1n) is 8.56. The zero-order valence-electron chi connectivity index (χ0n) is 13.4. The number of fused-ring (bicyclic) bond motifs is 1. The highest BCUT2D eigenvalue weighted by molar-refractivity contribution is 6.30. The maximum atomic E-state index is 12.9. The highest BCUT2D eigenvalue weighted by Crippen LogP contribution is 2.50. The van der Waals surface area contributed by atoms with Crippen LogP contribution in [0.25, 0.3) is 0 Å². The molecule has 4 rings (SSSR count). The monoisotopic (exact) mass is 348 g/mol. The molecule has 0 aromatic heterocycles. The number of hydrogen-bond acceptors (Lipinski definition) is 3. The summed E-state index contributed by atoms with van der Waals surface area (Å²) < 4.78 is 0. The standard InChI is InChI=1S/C18H21ClN2O3/c19-13-3-5-14(6-4-13)21-9-7-15(16(21)22)20-10-12-2-1-8-18(12,11-20)17(23)24/h3-6,12,15H,1-2,7-11H2,(H,23,24)/t12-,15?,18+/m0/s1.